The van der Waals surface area contributed by atoms with Crippen LogP contribution in [-0.4, -0.2) is 34.7 Å². The number of ether oxygens (including phenoxy) is 1. The number of carboxylic acid groups (broad SMARTS) is 2. The van der Waals surface area contributed by atoms with E-state index in [2.05, 4.69) is 20.8 Å². The highest BCUT2D eigenvalue weighted by molar-refractivity contribution is 6.09. The zero-order chi connectivity index (χ0) is 20.4. The average molecular weight is 378 g/mol. The molecule has 1 aromatic carbocycles. The van der Waals surface area contributed by atoms with Crippen molar-refractivity contribution in [3.8, 4) is 0 Å². The first-order valence-corrected chi connectivity index (χ1v) is 9.58. The number of hydrogen-bond acceptors (Lipinski definition) is 4. The Hall–Kier alpha value is -2.37. The van der Waals surface area contributed by atoms with Crippen LogP contribution in [0.4, 0.5) is 0 Å². The molecule has 150 valence electrons. The van der Waals surface area contributed by atoms with E-state index in [9.17, 15) is 19.5 Å². The molecular weight excluding hydrogens is 348 g/mol. The van der Waals surface area contributed by atoms with E-state index in [4.69, 9.17) is 9.84 Å². The first kappa shape index (κ1) is 22.7. The molecule has 1 rings (SSSR count). The van der Waals surface area contributed by atoms with Gasteiger partial charge >= 0.3 is 17.9 Å². The monoisotopic (exact) mass is 378 g/mol. The van der Waals surface area contributed by atoms with Gasteiger partial charge in [-0.1, -0.05) is 58.9 Å². The molecule has 6 heteroatoms. The fourth-order valence-electron chi connectivity index (χ4n) is 3.43. The number of aromatic carboxylic acids is 2. The van der Waals surface area contributed by atoms with E-state index < -0.39 is 29.0 Å². The van der Waals surface area contributed by atoms with Crippen molar-refractivity contribution in [1.29, 1.82) is 0 Å². The summed E-state index contributed by atoms with van der Waals surface area (Å²) in [6, 6.07) is 3.77. The lowest BCUT2D eigenvalue weighted by atomic mass is 9.76. The molecule has 0 aromatic heterocycles. The summed E-state index contributed by atoms with van der Waals surface area (Å²) in [4.78, 5) is 34.7. The number of rotatable bonds is 12. The maximum absolute atomic E-state index is 12.2. The van der Waals surface area contributed by atoms with Crippen LogP contribution >= 0.6 is 0 Å². The molecule has 6 nitrogen and oxygen atoms in total. The van der Waals surface area contributed by atoms with Gasteiger partial charge in [0.25, 0.3) is 0 Å². The summed E-state index contributed by atoms with van der Waals surface area (Å²) >= 11 is 0. The van der Waals surface area contributed by atoms with Gasteiger partial charge in [0.2, 0.25) is 0 Å². The molecule has 0 bridgehead atoms. The highest BCUT2D eigenvalue weighted by atomic mass is 16.5. The lowest BCUT2D eigenvalue weighted by Crippen LogP contribution is -2.18. The third-order valence-electron chi connectivity index (χ3n) is 5.56. The Morgan fingerprint density at radius 3 is 2.00 bits per heavy atom. The summed E-state index contributed by atoms with van der Waals surface area (Å²) in [5.74, 6) is -3.66. The summed E-state index contributed by atoms with van der Waals surface area (Å²) in [7, 11) is 0. The van der Waals surface area contributed by atoms with Crippen molar-refractivity contribution in [2.45, 2.75) is 65.7 Å². The van der Waals surface area contributed by atoms with Gasteiger partial charge in [-0.05, 0) is 30.4 Å². The van der Waals surface area contributed by atoms with Gasteiger partial charge in [0.1, 0.15) is 0 Å². The molecule has 0 heterocycles. The van der Waals surface area contributed by atoms with Crippen LogP contribution in [0.1, 0.15) is 96.8 Å². The van der Waals surface area contributed by atoms with Crippen LogP contribution in [0.15, 0.2) is 18.2 Å². The number of unbranched alkanes of at least 4 members (excludes halogenated alkanes) is 2. The maximum atomic E-state index is 12.2. The van der Waals surface area contributed by atoms with E-state index in [0.717, 1.165) is 44.6 Å². The highest BCUT2D eigenvalue weighted by Gasteiger charge is 2.25. The molecule has 0 spiro atoms. The Morgan fingerprint density at radius 2 is 1.48 bits per heavy atom. The minimum absolute atomic E-state index is 0.187. The van der Waals surface area contributed by atoms with Crippen molar-refractivity contribution in [1.82, 2.24) is 0 Å². The van der Waals surface area contributed by atoms with Crippen molar-refractivity contribution >= 4 is 17.9 Å². The van der Waals surface area contributed by atoms with E-state index in [1.165, 1.54) is 12.1 Å². The smallest absolute Gasteiger partial charge is 0.339 e. The van der Waals surface area contributed by atoms with Crippen LogP contribution in [0.2, 0.25) is 0 Å². The Balaban J connectivity index is 2.58. The van der Waals surface area contributed by atoms with Crippen LogP contribution in [0.5, 0.6) is 0 Å². The Morgan fingerprint density at radius 1 is 0.889 bits per heavy atom. The summed E-state index contributed by atoms with van der Waals surface area (Å²) in [5, 5.41) is 18.4. The third-order valence-corrected chi connectivity index (χ3v) is 5.56. The van der Waals surface area contributed by atoms with Gasteiger partial charge < -0.3 is 14.9 Å². The minimum atomic E-state index is -1.46. The topological polar surface area (TPSA) is 101 Å². The predicted octanol–water partition coefficient (Wildman–Crippen LogP) is 5.02. The quantitative estimate of drug-likeness (QED) is 0.391. The molecular formula is C21H30O6. The van der Waals surface area contributed by atoms with Gasteiger partial charge in [-0.3, -0.25) is 0 Å². The second-order valence-corrected chi connectivity index (χ2v) is 6.85. The SMILES string of the molecule is CCC(CC)(CC)CCCCCOC(=O)c1cccc(C(=O)O)c1C(=O)O. The molecule has 1 aromatic rings. The Labute approximate surface area is 160 Å². The molecule has 27 heavy (non-hydrogen) atoms. The molecule has 0 saturated heterocycles. The van der Waals surface area contributed by atoms with Crippen molar-refractivity contribution in [2.24, 2.45) is 5.41 Å². The first-order valence-electron chi connectivity index (χ1n) is 9.58. The molecule has 0 aliphatic rings. The fourth-order valence-corrected chi connectivity index (χ4v) is 3.43. The summed E-state index contributed by atoms with van der Waals surface area (Å²) < 4.78 is 5.17. The van der Waals surface area contributed by atoms with Crippen LogP contribution in [-0.2, 0) is 4.74 Å². The van der Waals surface area contributed by atoms with Crippen molar-refractivity contribution in [2.75, 3.05) is 6.61 Å². The number of esters is 1. The van der Waals surface area contributed by atoms with Crippen molar-refractivity contribution in [3.63, 3.8) is 0 Å². The van der Waals surface area contributed by atoms with Gasteiger partial charge in [0, 0.05) is 0 Å². The standard InChI is InChI=1S/C21H30O6/c1-4-21(5-2,6-3)13-8-7-9-14-27-20(26)16-12-10-11-15(18(22)23)17(16)19(24)25/h10-12H,4-9,13-14H2,1-3H3,(H,22,23)(H,24,25). The summed E-state index contributed by atoms with van der Waals surface area (Å²) in [5.41, 5.74) is -0.797. The molecule has 2 N–H and O–H groups in total. The summed E-state index contributed by atoms with van der Waals surface area (Å²) in [6.45, 7) is 6.85. The second-order valence-electron chi connectivity index (χ2n) is 6.85. The largest absolute Gasteiger partial charge is 0.478 e. The molecule has 0 aliphatic carbocycles. The second kappa shape index (κ2) is 10.7. The van der Waals surface area contributed by atoms with Gasteiger partial charge in [-0.2, -0.15) is 0 Å². The number of hydrogen-bond donors (Lipinski definition) is 2. The fraction of sp³-hybridized carbons (Fsp3) is 0.571. The molecule has 0 amide bonds. The van der Waals surface area contributed by atoms with Gasteiger partial charge in [0.05, 0.1) is 23.3 Å². The number of carbonyl (C=O) groups excluding carboxylic acids is 1. The first-order chi connectivity index (χ1) is 12.8. The molecule has 0 fully saturated rings. The molecule has 0 radical (unpaired) electrons. The molecule has 0 unspecified atom stereocenters. The number of benzene rings is 1. The highest BCUT2D eigenvalue weighted by Crippen LogP contribution is 2.36. The van der Waals surface area contributed by atoms with E-state index in [0.29, 0.717) is 11.8 Å². The lowest BCUT2D eigenvalue weighted by molar-refractivity contribution is 0.0485. The zero-order valence-electron chi connectivity index (χ0n) is 16.4. The van der Waals surface area contributed by atoms with Crippen molar-refractivity contribution < 1.29 is 29.3 Å². The minimum Gasteiger partial charge on any atom is -0.478 e. The lowest BCUT2D eigenvalue weighted by Gasteiger charge is -2.30. The van der Waals surface area contributed by atoms with Crippen molar-refractivity contribution in [3.05, 3.63) is 34.9 Å². The molecule has 0 saturated carbocycles. The van der Waals surface area contributed by atoms with Crippen LogP contribution in [0.3, 0.4) is 0 Å². The Bertz CT molecular complexity index is 652. The van der Waals surface area contributed by atoms with E-state index in [1.54, 1.807) is 0 Å². The van der Waals surface area contributed by atoms with E-state index >= 15 is 0 Å². The van der Waals surface area contributed by atoms with Crippen LogP contribution < -0.4 is 0 Å². The van der Waals surface area contributed by atoms with Crippen LogP contribution in [0, 0.1) is 5.41 Å². The number of carbonyl (C=O) groups is 3. The average Bonchev–Trinajstić information content (AvgIpc) is 2.67. The Kier molecular flexibility index (Phi) is 8.98. The van der Waals surface area contributed by atoms with Gasteiger partial charge in [-0.25, -0.2) is 14.4 Å². The zero-order valence-corrected chi connectivity index (χ0v) is 16.4. The van der Waals surface area contributed by atoms with Crippen LogP contribution in [0.25, 0.3) is 0 Å². The molecule has 0 aliphatic heterocycles. The van der Waals surface area contributed by atoms with E-state index in [1.807, 2.05) is 0 Å². The summed E-state index contributed by atoms with van der Waals surface area (Å²) in [6.07, 6.45) is 7.30. The number of carboxylic acids is 2. The third kappa shape index (κ3) is 6.08. The maximum Gasteiger partial charge on any atom is 0.339 e. The van der Waals surface area contributed by atoms with Gasteiger partial charge in [0.15, 0.2) is 0 Å². The predicted molar refractivity (Wildman–Crippen MR) is 102 cm³/mol. The molecule has 0 atom stereocenters. The normalized spacial score (nSPS) is 11.2. The van der Waals surface area contributed by atoms with Gasteiger partial charge in [-0.15, -0.1) is 0 Å². The van der Waals surface area contributed by atoms with E-state index in [-0.39, 0.29) is 12.2 Å².